The van der Waals surface area contributed by atoms with Gasteiger partial charge in [0.05, 0.1) is 13.2 Å². The number of benzene rings is 1. The molecule has 1 aromatic rings. The zero-order valence-electron chi connectivity index (χ0n) is 9.64. The van der Waals surface area contributed by atoms with Crippen molar-refractivity contribution in [2.75, 3.05) is 20.3 Å². The first kappa shape index (κ1) is 11.9. The molecule has 5 nitrogen and oxygen atoms in total. The normalized spacial score (nSPS) is 17.4. The van der Waals surface area contributed by atoms with Crippen molar-refractivity contribution >= 4 is 5.91 Å². The molecule has 1 aliphatic rings. The Balaban J connectivity index is 1.80. The van der Waals surface area contributed by atoms with Crippen molar-refractivity contribution in [3.05, 3.63) is 29.8 Å². The number of hydrogen-bond acceptors (Lipinski definition) is 4. The van der Waals surface area contributed by atoms with Gasteiger partial charge >= 0.3 is 0 Å². The van der Waals surface area contributed by atoms with Crippen LogP contribution in [0.2, 0.25) is 0 Å². The van der Waals surface area contributed by atoms with E-state index < -0.39 is 6.10 Å². The molecule has 92 valence electrons. The Morgan fingerprint density at radius 1 is 1.47 bits per heavy atom. The maximum atomic E-state index is 11.7. The van der Waals surface area contributed by atoms with E-state index in [0.717, 1.165) is 11.3 Å². The predicted octanol–water partition coefficient (Wildman–Crippen LogP) is 0.684. The largest absolute Gasteiger partial charge is 0.480 e. The second-order valence-corrected chi connectivity index (χ2v) is 3.73. The van der Waals surface area contributed by atoms with Gasteiger partial charge in [-0.05, 0) is 11.6 Å². The average molecular weight is 237 g/mol. The minimum absolute atomic E-state index is 0.266. The Morgan fingerprint density at radius 3 is 3.06 bits per heavy atom. The summed E-state index contributed by atoms with van der Waals surface area (Å²) < 4.78 is 10.3. The highest BCUT2D eigenvalue weighted by atomic mass is 16.7. The first-order valence-corrected chi connectivity index (χ1v) is 5.46. The summed E-state index contributed by atoms with van der Waals surface area (Å²) in [5.41, 5.74) is 3.40. The molecule has 1 aliphatic heterocycles. The van der Waals surface area contributed by atoms with E-state index in [1.54, 1.807) is 7.11 Å². The summed E-state index contributed by atoms with van der Waals surface area (Å²) in [4.78, 5) is 16.6. The van der Waals surface area contributed by atoms with Gasteiger partial charge in [0.1, 0.15) is 5.75 Å². The summed E-state index contributed by atoms with van der Waals surface area (Å²) in [5, 5.41) is 0. The van der Waals surface area contributed by atoms with Crippen LogP contribution in [0.15, 0.2) is 24.3 Å². The van der Waals surface area contributed by atoms with Gasteiger partial charge in [-0.3, -0.25) is 9.63 Å². The summed E-state index contributed by atoms with van der Waals surface area (Å²) in [6.07, 6.45) is 0.0743. The first-order valence-electron chi connectivity index (χ1n) is 5.46. The number of fused-ring (bicyclic) bond motifs is 1. The fourth-order valence-corrected chi connectivity index (χ4v) is 1.64. The van der Waals surface area contributed by atoms with Crippen molar-refractivity contribution in [3.8, 4) is 5.75 Å². The van der Waals surface area contributed by atoms with Gasteiger partial charge in [-0.25, -0.2) is 5.48 Å². The highest BCUT2D eigenvalue weighted by Crippen LogP contribution is 2.27. The van der Waals surface area contributed by atoms with Crippen LogP contribution in [0.4, 0.5) is 0 Å². The molecule has 1 unspecified atom stereocenters. The predicted molar refractivity (Wildman–Crippen MR) is 60.5 cm³/mol. The van der Waals surface area contributed by atoms with E-state index in [2.05, 4.69) is 5.48 Å². The van der Waals surface area contributed by atoms with Crippen molar-refractivity contribution in [1.29, 1.82) is 0 Å². The van der Waals surface area contributed by atoms with E-state index in [4.69, 9.17) is 14.3 Å². The van der Waals surface area contributed by atoms with E-state index in [0.29, 0.717) is 19.6 Å². The average Bonchev–Trinajstić information content (AvgIpc) is 2.78. The third-order valence-corrected chi connectivity index (χ3v) is 2.50. The van der Waals surface area contributed by atoms with Crippen LogP contribution in [0.3, 0.4) is 0 Å². The summed E-state index contributed by atoms with van der Waals surface area (Å²) in [6, 6.07) is 7.62. The molecule has 0 aromatic heterocycles. The smallest absolute Gasteiger partial charge is 0.284 e. The van der Waals surface area contributed by atoms with Crippen molar-refractivity contribution in [2.24, 2.45) is 0 Å². The van der Waals surface area contributed by atoms with Crippen LogP contribution in [0, 0.1) is 0 Å². The van der Waals surface area contributed by atoms with Crippen LogP contribution in [-0.2, 0) is 20.8 Å². The number of carbonyl (C=O) groups is 1. The molecule has 1 amide bonds. The molecular formula is C12H15NO4. The molecule has 1 aromatic carbocycles. The molecule has 1 heterocycles. The van der Waals surface area contributed by atoms with Gasteiger partial charge in [-0.2, -0.15) is 0 Å². The fourth-order valence-electron chi connectivity index (χ4n) is 1.64. The zero-order valence-corrected chi connectivity index (χ0v) is 9.64. The number of methoxy groups -OCH3 is 1. The quantitative estimate of drug-likeness (QED) is 0.604. The molecule has 0 saturated heterocycles. The fraction of sp³-hybridized carbons (Fsp3) is 0.417. The highest BCUT2D eigenvalue weighted by Gasteiger charge is 2.28. The standard InChI is InChI=1S/C12H15NO4/c1-15-6-7-16-13-12(14)11-8-9-4-2-3-5-10(9)17-11/h2-5,11H,6-8H2,1H3,(H,13,14). The van der Waals surface area contributed by atoms with Gasteiger partial charge in [0.15, 0.2) is 6.10 Å². The lowest BCUT2D eigenvalue weighted by molar-refractivity contribution is -0.141. The summed E-state index contributed by atoms with van der Waals surface area (Å²) >= 11 is 0. The topological polar surface area (TPSA) is 56.8 Å². The number of ether oxygens (including phenoxy) is 2. The minimum atomic E-state index is -0.505. The SMILES string of the molecule is COCCONC(=O)C1Cc2ccccc2O1. The lowest BCUT2D eigenvalue weighted by atomic mass is 10.1. The zero-order chi connectivity index (χ0) is 12.1. The third kappa shape index (κ3) is 2.95. The van der Waals surface area contributed by atoms with Gasteiger partial charge in [0.25, 0.3) is 5.91 Å². The summed E-state index contributed by atoms with van der Waals surface area (Å²) in [7, 11) is 1.57. The summed E-state index contributed by atoms with van der Waals surface area (Å²) in [6.45, 7) is 0.758. The van der Waals surface area contributed by atoms with Crippen molar-refractivity contribution in [3.63, 3.8) is 0 Å². The lowest BCUT2D eigenvalue weighted by Gasteiger charge is -2.10. The Morgan fingerprint density at radius 2 is 2.29 bits per heavy atom. The van der Waals surface area contributed by atoms with E-state index in [-0.39, 0.29) is 5.91 Å². The Hall–Kier alpha value is -1.59. The third-order valence-electron chi connectivity index (χ3n) is 2.50. The van der Waals surface area contributed by atoms with Gasteiger partial charge in [0.2, 0.25) is 0 Å². The molecule has 2 rings (SSSR count). The van der Waals surface area contributed by atoms with Crippen molar-refractivity contribution in [2.45, 2.75) is 12.5 Å². The van der Waals surface area contributed by atoms with E-state index in [1.165, 1.54) is 0 Å². The molecule has 1 atom stereocenters. The second kappa shape index (κ2) is 5.65. The van der Waals surface area contributed by atoms with E-state index in [1.807, 2.05) is 24.3 Å². The molecule has 1 N–H and O–H groups in total. The van der Waals surface area contributed by atoms with Crippen LogP contribution in [0.1, 0.15) is 5.56 Å². The first-order chi connectivity index (χ1) is 8.31. The maximum absolute atomic E-state index is 11.7. The summed E-state index contributed by atoms with van der Waals surface area (Å²) in [5.74, 6) is 0.502. The highest BCUT2D eigenvalue weighted by molar-refractivity contribution is 5.81. The number of nitrogens with one attached hydrogen (secondary N) is 1. The molecule has 0 bridgehead atoms. The monoisotopic (exact) mass is 237 g/mol. The second-order valence-electron chi connectivity index (χ2n) is 3.73. The van der Waals surface area contributed by atoms with E-state index >= 15 is 0 Å². The molecule has 0 saturated carbocycles. The van der Waals surface area contributed by atoms with Gasteiger partial charge in [-0.1, -0.05) is 18.2 Å². The lowest BCUT2D eigenvalue weighted by Crippen LogP contribution is -2.37. The van der Waals surface area contributed by atoms with E-state index in [9.17, 15) is 4.79 Å². The van der Waals surface area contributed by atoms with Gasteiger partial charge in [0, 0.05) is 13.5 Å². The Kier molecular flexibility index (Phi) is 3.95. The molecule has 0 fully saturated rings. The molecular weight excluding hydrogens is 222 g/mol. The minimum Gasteiger partial charge on any atom is -0.480 e. The number of hydroxylamine groups is 1. The molecule has 0 radical (unpaired) electrons. The van der Waals surface area contributed by atoms with Crippen LogP contribution >= 0.6 is 0 Å². The van der Waals surface area contributed by atoms with Crippen molar-refractivity contribution in [1.82, 2.24) is 5.48 Å². The van der Waals surface area contributed by atoms with Crippen LogP contribution in [0.25, 0.3) is 0 Å². The number of rotatable bonds is 5. The molecule has 5 heteroatoms. The maximum Gasteiger partial charge on any atom is 0.284 e. The Bertz CT molecular complexity index is 369. The molecule has 0 spiro atoms. The van der Waals surface area contributed by atoms with Gasteiger partial charge < -0.3 is 9.47 Å². The molecule has 0 aliphatic carbocycles. The number of carbonyl (C=O) groups excluding carboxylic acids is 1. The molecule has 17 heavy (non-hydrogen) atoms. The number of amides is 1. The number of para-hydroxylation sites is 1. The van der Waals surface area contributed by atoms with Crippen LogP contribution in [-0.4, -0.2) is 32.3 Å². The van der Waals surface area contributed by atoms with Gasteiger partial charge in [-0.15, -0.1) is 0 Å². The number of hydrogen-bond donors (Lipinski definition) is 1. The van der Waals surface area contributed by atoms with Crippen LogP contribution < -0.4 is 10.2 Å². The van der Waals surface area contributed by atoms with Crippen molar-refractivity contribution < 1.29 is 19.1 Å². The van der Waals surface area contributed by atoms with Crippen LogP contribution in [0.5, 0.6) is 5.75 Å². The Labute approximate surface area is 99.6 Å².